The number of nitrogens with one attached hydrogen (secondary N) is 1. The first-order valence-corrected chi connectivity index (χ1v) is 9.17. The maximum atomic E-state index is 12.7. The molecule has 2 heterocycles. The number of amides is 1. The van der Waals surface area contributed by atoms with Gasteiger partial charge in [0.15, 0.2) is 5.82 Å². The van der Waals surface area contributed by atoms with E-state index >= 15 is 0 Å². The number of aryl methyl sites for hydroxylation is 2. The highest BCUT2D eigenvalue weighted by Crippen LogP contribution is 2.29. The Labute approximate surface area is 175 Å². The Bertz CT molecular complexity index is 1160. The molecule has 154 valence electrons. The third-order valence-corrected chi connectivity index (χ3v) is 4.34. The van der Waals surface area contributed by atoms with E-state index in [9.17, 15) is 18.0 Å². The molecule has 2 aromatic heterocycles. The van der Waals surface area contributed by atoms with Gasteiger partial charge in [-0.3, -0.25) is 4.79 Å². The number of rotatable bonds is 3. The minimum atomic E-state index is -4.44. The van der Waals surface area contributed by atoms with Gasteiger partial charge in [-0.2, -0.15) is 18.3 Å². The fourth-order valence-corrected chi connectivity index (χ4v) is 2.89. The standard InChI is InChI=1S/C21H16ClF3N4O/c1-13-11-14(2)29(28-13)18-9-8-17(22)19(27-18)20(30)26-10-4-6-15-5-3-7-16(12-15)21(23,24)25/h3,5,7-9,11-12H,10H2,1-2H3,(H,26,30). The summed E-state index contributed by atoms with van der Waals surface area (Å²) in [4.78, 5) is 16.7. The summed E-state index contributed by atoms with van der Waals surface area (Å²) in [6.07, 6.45) is -4.44. The molecule has 0 aliphatic rings. The Balaban J connectivity index is 1.71. The van der Waals surface area contributed by atoms with Gasteiger partial charge in [-0.05, 0) is 50.2 Å². The first kappa shape index (κ1) is 21.4. The van der Waals surface area contributed by atoms with E-state index in [1.807, 2.05) is 19.9 Å². The van der Waals surface area contributed by atoms with Crippen LogP contribution in [0.2, 0.25) is 5.02 Å². The lowest BCUT2D eigenvalue weighted by atomic mass is 10.1. The number of halogens is 4. The fraction of sp³-hybridized carbons (Fsp3) is 0.190. The number of hydrogen-bond acceptors (Lipinski definition) is 3. The van der Waals surface area contributed by atoms with Crippen LogP contribution < -0.4 is 5.32 Å². The molecule has 0 atom stereocenters. The summed E-state index contributed by atoms with van der Waals surface area (Å²) in [5.74, 6) is 5.10. The van der Waals surface area contributed by atoms with Gasteiger partial charge in [-0.25, -0.2) is 9.67 Å². The molecule has 0 aliphatic heterocycles. The third-order valence-electron chi connectivity index (χ3n) is 4.03. The van der Waals surface area contributed by atoms with Crippen LogP contribution in [0.25, 0.3) is 5.82 Å². The van der Waals surface area contributed by atoms with E-state index in [0.29, 0.717) is 5.82 Å². The monoisotopic (exact) mass is 432 g/mol. The molecule has 1 N–H and O–H groups in total. The molecule has 0 spiro atoms. The van der Waals surface area contributed by atoms with Crippen LogP contribution >= 0.6 is 11.6 Å². The van der Waals surface area contributed by atoms with Crippen molar-refractivity contribution < 1.29 is 18.0 Å². The highest BCUT2D eigenvalue weighted by molar-refractivity contribution is 6.33. The van der Waals surface area contributed by atoms with Crippen molar-refractivity contribution in [2.45, 2.75) is 20.0 Å². The number of hydrogen-bond donors (Lipinski definition) is 1. The Kier molecular flexibility index (Phi) is 6.13. The van der Waals surface area contributed by atoms with Crippen LogP contribution in [0.1, 0.15) is 33.0 Å². The predicted octanol–water partition coefficient (Wildman–Crippen LogP) is 4.34. The average Bonchev–Trinajstić information content (AvgIpc) is 3.03. The topological polar surface area (TPSA) is 59.8 Å². The second-order valence-corrected chi connectivity index (χ2v) is 6.81. The van der Waals surface area contributed by atoms with Gasteiger partial charge in [0.05, 0.1) is 22.8 Å². The van der Waals surface area contributed by atoms with Crippen LogP contribution in [0.15, 0.2) is 42.5 Å². The molecule has 30 heavy (non-hydrogen) atoms. The largest absolute Gasteiger partial charge is 0.416 e. The van der Waals surface area contributed by atoms with E-state index < -0.39 is 17.6 Å². The van der Waals surface area contributed by atoms with Crippen LogP contribution in [0.3, 0.4) is 0 Å². The highest BCUT2D eigenvalue weighted by atomic mass is 35.5. The predicted molar refractivity (Wildman–Crippen MR) is 106 cm³/mol. The molecule has 0 bridgehead atoms. The molecular formula is C21H16ClF3N4O. The van der Waals surface area contributed by atoms with Crippen molar-refractivity contribution in [2.75, 3.05) is 6.54 Å². The minimum Gasteiger partial charge on any atom is -0.340 e. The van der Waals surface area contributed by atoms with Gasteiger partial charge in [0.1, 0.15) is 5.69 Å². The molecule has 1 amide bonds. The Morgan fingerprint density at radius 3 is 2.63 bits per heavy atom. The molecule has 1 aromatic carbocycles. The molecule has 0 fully saturated rings. The van der Waals surface area contributed by atoms with Gasteiger partial charge in [0.2, 0.25) is 0 Å². The van der Waals surface area contributed by atoms with E-state index in [1.54, 1.807) is 16.8 Å². The molecular weight excluding hydrogens is 417 g/mol. The lowest BCUT2D eigenvalue weighted by molar-refractivity contribution is -0.137. The number of benzene rings is 1. The lowest BCUT2D eigenvalue weighted by Gasteiger charge is -2.08. The lowest BCUT2D eigenvalue weighted by Crippen LogP contribution is -2.25. The maximum Gasteiger partial charge on any atom is 0.416 e. The van der Waals surface area contributed by atoms with Crippen molar-refractivity contribution in [2.24, 2.45) is 0 Å². The highest BCUT2D eigenvalue weighted by Gasteiger charge is 2.30. The second-order valence-electron chi connectivity index (χ2n) is 6.40. The van der Waals surface area contributed by atoms with E-state index in [4.69, 9.17) is 11.6 Å². The Hall–Kier alpha value is -3.31. The number of alkyl halides is 3. The maximum absolute atomic E-state index is 12.7. The summed E-state index contributed by atoms with van der Waals surface area (Å²) in [5.41, 5.74) is 1.07. The van der Waals surface area contributed by atoms with Crippen LogP contribution in [0.4, 0.5) is 13.2 Å². The fourth-order valence-electron chi connectivity index (χ4n) is 2.70. The van der Waals surface area contributed by atoms with Crippen molar-refractivity contribution in [3.8, 4) is 17.7 Å². The molecule has 3 rings (SSSR count). The summed E-state index contributed by atoms with van der Waals surface area (Å²) < 4.78 is 39.8. The van der Waals surface area contributed by atoms with Crippen molar-refractivity contribution in [1.29, 1.82) is 0 Å². The number of aromatic nitrogens is 3. The van der Waals surface area contributed by atoms with Gasteiger partial charge < -0.3 is 5.32 Å². The summed E-state index contributed by atoms with van der Waals surface area (Å²) >= 11 is 6.10. The van der Waals surface area contributed by atoms with Crippen molar-refractivity contribution in [1.82, 2.24) is 20.1 Å². The molecule has 0 radical (unpaired) electrons. The van der Waals surface area contributed by atoms with Crippen molar-refractivity contribution >= 4 is 17.5 Å². The quantitative estimate of drug-likeness (QED) is 0.626. The Morgan fingerprint density at radius 1 is 1.20 bits per heavy atom. The molecule has 5 nitrogen and oxygen atoms in total. The minimum absolute atomic E-state index is 0.00240. The van der Waals surface area contributed by atoms with E-state index in [1.165, 1.54) is 12.1 Å². The van der Waals surface area contributed by atoms with E-state index in [2.05, 4.69) is 27.2 Å². The molecule has 0 aliphatic carbocycles. The van der Waals surface area contributed by atoms with Gasteiger partial charge in [-0.1, -0.05) is 29.5 Å². The number of pyridine rings is 1. The molecule has 0 saturated carbocycles. The first-order valence-electron chi connectivity index (χ1n) is 8.79. The van der Waals surface area contributed by atoms with Crippen LogP contribution in [0.5, 0.6) is 0 Å². The SMILES string of the molecule is Cc1cc(C)n(-c2ccc(Cl)c(C(=O)NCC#Cc3cccc(C(F)(F)F)c3)n2)n1. The summed E-state index contributed by atoms with van der Waals surface area (Å²) in [6, 6.07) is 9.72. The number of nitrogens with zero attached hydrogens (tertiary/aromatic N) is 3. The van der Waals surface area contributed by atoms with Gasteiger partial charge in [-0.15, -0.1) is 0 Å². The van der Waals surface area contributed by atoms with Crippen LogP contribution in [-0.4, -0.2) is 27.2 Å². The number of carbonyl (C=O) groups is 1. The van der Waals surface area contributed by atoms with Crippen LogP contribution in [0, 0.1) is 25.7 Å². The van der Waals surface area contributed by atoms with Gasteiger partial charge >= 0.3 is 6.18 Å². The average molecular weight is 433 g/mol. The zero-order chi connectivity index (χ0) is 21.9. The molecule has 3 aromatic rings. The zero-order valence-corrected chi connectivity index (χ0v) is 16.8. The van der Waals surface area contributed by atoms with Gasteiger partial charge in [0.25, 0.3) is 5.91 Å². The first-order chi connectivity index (χ1) is 14.1. The zero-order valence-electron chi connectivity index (χ0n) is 16.0. The van der Waals surface area contributed by atoms with E-state index in [-0.39, 0.29) is 22.8 Å². The van der Waals surface area contributed by atoms with Crippen molar-refractivity contribution in [3.05, 3.63) is 75.7 Å². The second kappa shape index (κ2) is 8.59. The van der Waals surface area contributed by atoms with Crippen molar-refractivity contribution in [3.63, 3.8) is 0 Å². The summed E-state index contributed by atoms with van der Waals surface area (Å²) in [5, 5.41) is 7.02. The molecule has 9 heteroatoms. The Morgan fingerprint density at radius 2 is 1.97 bits per heavy atom. The summed E-state index contributed by atoms with van der Waals surface area (Å²) in [6.45, 7) is 3.62. The summed E-state index contributed by atoms with van der Waals surface area (Å²) in [7, 11) is 0. The third kappa shape index (κ3) is 4.99. The molecule has 0 saturated heterocycles. The normalized spacial score (nSPS) is 11.0. The van der Waals surface area contributed by atoms with E-state index in [0.717, 1.165) is 23.5 Å². The van der Waals surface area contributed by atoms with Gasteiger partial charge in [0, 0.05) is 11.3 Å². The molecule has 0 unspecified atom stereocenters. The van der Waals surface area contributed by atoms with Crippen LogP contribution in [-0.2, 0) is 6.18 Å². The smallest absolute Gasteiger partial charge is 0.340 e. The number of carbonyl (C=O) groups excluding carboxylic acids is 1.